The number of nitrogens with zero attached hydrogens (tertiary/aromatic N) is 1. The zero-order chi connectivity index (χ0) is 13.7. The minimum absolute atomic E-state index is 0.0226. The standard InChI is InChI=1S/C13H16N2O4/c1-10(14-19-13-7-2-3-8-18-13)11-5-4-6-12(9-11)15(16)17/h4-6,9,13-14H,1-3,7-8H2. The van der Waals surface area contributed by atoms with Gasteiger partial charge in [-0.1, -0.05) is 18.7 Å². The molecule has 6 nitrogen and oxygen atoms in total. The van der Waals surface area contributed by atoms with E-state index in [0.717, 1.165) is 19.3 Å². The van der Waals surface area contributed by atoms with Crippen molar-refractivity contribution >= 4 is 11.4 Å². The predicted octanol–water partition coefficient (Wildman–Crippen LogP) is 2.61. The maximum Gasteiger partial charge on any atom is 0.270 e. The number of ether oxygens (including phenoxy) is 1. The number of nitro benzene ring substituents is 1. The molecule has 0 radical (unpaired) electrons. The molecule has 0 aliphatic carbocycles. The molecule has 1 atom stereocenters. The van der Waals surface area contributed by atoms with Crippen molar-refractivity contribution in [1.29, 1.82) is 0 Å². The van der Waals surface area contributed by atoms with Gasteiger partial charge in [0.1, 0.15) is 0 Å². The highest BCUT2D eigenvalue weighted by Crippen LogP contribution is 2.18. The Morgan fingerprint density at radius 3 is 3.05 bits per heavy atom. The number of non-ortho nitro benzene ring substituents is 1. The van der Waals surface area contributed by atoms with Gasteiger partial charge in [0.05, 0.1) is 10.6 Å². The first-order valence-electron chi connectivity index (χ1n) is 6.14. The van der Waals surface area contributed by atoms with E-state index in [4.69, 9.17) is 9.57 Å². The molecule has 6 heteroatoms. The summed E-state index contributed by atoms with van der Waals surface area (Å²) < 4.78 is 5.39. The number of nitro groups is 1. The van der Waals surface area contributed by atoms with Crippen molar-refractivity contribution in [2.75, 3.05) is 6.61 Å². The first kappa shape index (κ1) is 13.5. The molecular formula is C13H16N2O4. The summed E-state index contributed by atoms with van der Waals surface area (Å²) in [4.78, 5) is 15.6. The van der Waals surface area contributed by atoms with Crippen molar-refractivity contribution in [1.82, 2.24) is 5.48 Å². The van der Waals surface area contributed by atoms with Crippen molar-refractivity contribution in [2.24, 2.45) is 0 Å². The van der Waals surface area contributed by atoms with Crippen molar-refractivity contribution in [3.8, 4) is 0 Å². The van der Waals surface area contributed by atoms with Crippen molar-refractivity contribution in [3.05, 3.63) is 46.5 Å². The fourth-order valence-corrected chi connectivity index (χ4v) is 1.81. The van der Waals surface area contributed by atoms with E-state index >= 15 is 0 Å². The summed E-state index contributed by atoms with van der Waals surface area (Å²) in [5, 5.41) is 10.7. The second-order valence-electron chi connectivity index (χ2n) is 4.30. The third-order valence-electron chi connectivity index (χ3n) is 2.86. The van der Waals surface area contributed by atoms with E-state index in [0.29, 0.717) is 17.9 Å². The van der Waals surface area contributed by atoms with Crippen molar-refractivity contribution in [3.63, 3.8) is 0 Å². The van der Waals surface area contributed by atoms with Gasteiger partial charge in [0.2, 0.25) is 0 Å². The largest absolute Gasteiger partial charge is 0.350 e. The Morgan fingerprint density at radius 2 is 2.37 bits per heavy atom. The molecule has 1 aliphatic heterocycles. The van der Waals surface area contributed by atoms with Crippen LogP contribution in [0.25, 0.3) is 5.70 Å². The van der Waals surface area contributed by atoms with E-state index in [1.165, 1.54) is 12.1 Å². The van der Waals surface area contributed by atoms with Gasteiger partial charge >= 0.3 is 0 Å². The van der Waals surface area contributed by atoms with Gasteiger partial charge in [0.25, 0.3) is 5.69 Å². The highest BCUT2D eigenvalue weighted by Gasteiger charge is 2.15. The molecule has 19 heavy (non-hydrogen) atoms. The minimum Gasteiger partial charge on any atom is -0.350 e. The molecule has 1 N–H and O–H groups in total. The second-order valence-corrected chi connectivity index (χ2v) is 4.30. The molecule has 0 saturated carbocycles. The Kier molecular flexibility index (Phi) is 4.48. The molecule has 1 aromatic carbocycles. The van der Waals surface area contributed by atoms with Gasteiger partial charge in [-0.05, 0) is 12.8 Å². The second kappa shape index (κ2) is 6.31. The highest BCUT2D eigenvalue weighted by atomic mass is 16.8. The third-order valence-corrected chi connectivity index (χ3v) is 2.86. The molecule has 1 saturated heterocycles. The first-order valence-corrected chi connectivity index (χ1v) is 6.14. The van der Waals surface area contributed by atoms with Gasteiger partial charge < -0.3 is 4.74 Å². The van der Waals surface area contributed by atoms with Crippen molar-refractivity contribution < 1.29 is 14.5 Å². The number of benzene rings is 1. The maximum absolute atomic E-state index is 10.7. The van der Waals surface area contributed by atoms with Gasteiger partial charge in [-0.25, -0.2) is 4.84 Å². The third kappa shape index (κ3) is 3.77. The van der Waals surface area contributed by atoms with Crippen LogP contribution in [0.5, 0.6) is 0 Å². The Bertz CT molecular complexity index is 469. The van der Waals surface area contributed by atoms with Gasteiger partial charge in [-0.3, -0.25) is 15.6 Å². The molecule has 2 rings (SSSR count). The van der Waals surface area contributed by atoms with E-state index in [1.54, 1.807) is 12.1 Å². The van der Waals surface area contributed by atoms with Crippen LogP contribution in [0.4, 0.5) is 5.69 Å². The summed E-state index contributed by atoms with van der Waals surface area (Å²) in [6, 6.07) is 6.22. The number of nitrogens with one attached hydrogen (secondary N) is 1. The fourth-order valence-electron chi connectivity index (χ4n) is 1.81. The first-order chi connectivity index (χ1) is 9.16. The van der Waals surface area contributed by atoms with Crippen LogP contribution in [0.1, 0.15) is 24.8 Å². The van der Waals surface area contributed by atoms with Gasteiger partial charge in [-0.15, -0.1) is 0 Å². The molecule has 1 fully saturated rings. The molecule has 1 aliphatic rings. The Hall–Kier alpha value is -1.92. The molecular weight excluding hydrogens is 248 g/mol. The summed E-state index contributed by atoms with van der Waals surface area (Å²) in [5.41, 5.74) is 3.80. The SMILES string of the molecule is C=C(NOC1CCCCO1)c1cccc([N+](=O)[O-])c1. The van der Waals surface area contributed by atoms with Crippen LogP contribution in [0.15, 0.2) is 30.8 Å². The Morgan fingerprint density at radius 1 is 1.53 bits per heavy atom. The summed E-state index contributed by atoms with van der Waals surface area (Å²) in [5.74, 6) is 0. The monoisotopic (exact) mass is 264 g/mol. The summed E-state index contributed by atoms with van der Waals surface area (Å²) in [7, 11) is 0. The van der Waals surface area contributed by atoms with Crippen LogP contribution in [0.2, 0.25) is 0 Å². The minimum atomic E-state index is -0.443. The lowest BCUT2D eigenvalue weighted by Gasteiger charge is -2.23. The molecule has 0 aromatic heterocycles. The lowest BCUT2D eigenvalue weighted by Crippen LogP contribution is -2.28. The number of hydrogen-bond acceptors (Lipinski definition) is 5. The van der Waals surface area contributed by atoms with E-state index in [2.05, 4.69) is 12.1 Å². The lowest BCUT2D eigenvalue weighted by molar-refractivity contribution is -0.384. The van der Waals surface area contributed by atoms with Crippen LogP contribution in [-0.4, -0.2) is 17.8 Å². The van der Waals surface area contributed by atoms with Gasteiger partial charge in [0.15, 0.2) is 6.29 Å². The van der Waals surface area contributed by atoms with Crippen LogP contribution >= 0.6 is 0 Å². The Balaban J connectivity index is 1.92. The van der Waals surface area contributed by atoms with Crippen LogP contribution in [0.3, 0.4) is 0 Å². The average Bonchev–Trinajstić information content (AvgIpc) is 2.46. The molecule has 0 bridgehead atoms. The van der Waals surface area contributed by atoms with E-state index in [1.807, 2.05) is 0 Å². The number of rotatable bonds is 5. The van der Waals surface area contributed by atoms with Crippen LogP contribution in [0, 0.1) is 10.1 Å². The molecule has 102 valence electrons. The summed E-state index contributed by atoms with van der Waals surface area (Å²) in [6.45, 7) is 4.49. The molecule has 1 aromatic rings. The van der Waals surface area contributed by atoms with Crippen molar-refractivity contribution in [2.45, 2.75) is 25.6 Å². The van der Waals surface area contributed by atoms with Crippen LogP contribution in [-0.2, 0) is 9.57 Å². The zero-order valence-corrected chi connectivity index (χ0v) is 10.5. The number of hydroxylamine groups is 1. The van der Waals surface area contributed by atoms with E-state index in [-0.39, 0.29) is 12.0 Å². The van der Waals surface area contributed by atoms with Gasteiger partial charge in [0, 0.05) is 30.7 Å². The van der Waals surface area contributed by atoms with E-state index < -0.39 is 4.92 Å². The predicted molar refractivity (Wildman–Crippen MR) is 69.9 cm³/mol. The fraction of sp³-hybridized carbons (Fsp3) is 0.385. The van der Waals surface area contributed by atoms with Crippen LogP contribution < -0.4 is 5.48 Å². The topological polar surface area (TPSA) is 73.6 Å². The zero-order valence-electron chi connectivity index (χ0n) is 10.5. The molecule has 0 amide bonds. The normalized spacial score (nSPS) is 18.8. The quantitative estimate of drug-likeness (QED) is 0.653. The summed E-state index contributed by atoms with van der Waals surface area (Å²) in [6.07, 6.45) is 2.65. The smallest absolute Gasteiger partial charge is 0.270 e. The molecule has 1 heterocycles. The number of hydrogen-bond donors (Lipinski definition) is 1. The van der Waals surface area contributed by atoms with Gasteiger partial charge in [-0.2, -0.15) is 0 Å². The molecule has 0 spiro atoms. The maximum atomic E-state index is 10.7. The Labute approximate surface area is 111 Å². The lowest BCUT2D eigenvalue weighted by atomic mass is 10.1. The van der Waals surface area contributed by atoms with E-state index in [9.17, 15) is 10.1 Å². The summed E-state index contributed by atoms with van der Waals surface area (Å²) >= 11 is 0. The molecule has 1 unspecified atom stereocenters. The average molecular weight is 264 g/mol. The highest BCUT2D eigenvalue weighted by molar-refractivity contribution is 5.63.